The summed E-state index contributed by atoms with van der Waals surface area (Å²) >= 11 is 0. The van der Waals surface area contributed by atoms with Crippen LogP contribution in [0.1, 0.15) is 26.7 Å². The normalized spacial score (nSPS) is 12.4. The molecule has 0 radical (unpaired) electrons. The number of aliphatic hydroxyl groups excluding tert-OH is 1. The molecule has 0 rings (SSSR count). The van der Waals surface area contributed by atoms with E-state index in [1.165, 1.54) is 0 Å². The third-order valence-electron chi connectivity index (χ3n) is 2.19. The van der Waals surface area contributed by atoms with Crippen LogP contribution in [0.4, 0.5) is 18.0 Å². The molecule has 0 unspecified atom stereocenters. The number of amides is 2. The molecule has 102 valence electrons. The lowest BCUT2D eigenvalue weighted by Gasteiger charge is -2.24. The summed E-state index contributed by atoms with van der Waals surface area (Å²) in [5, 5.41) is 12.8. The van der Waals surface area contributed by atoms with E-state index < -0.39 is 18.8 Å². The standard InChI is InChI=1S/C10H19F3N2O2/c1-9(2,4-3-5-16)6-14-8(17)15-7-10(11,12)13/h16H,3-7H2,1-2H3,(H2,14,15,17). The van der Waals surface area contributed by atoms with Crippen molar-refractivity contribution in [3.8, 4) is 0 Å². The molecule has 0 aromatic heterocycles. The van der Waals surface area contributed by atoms with Crippen molar-refractivity contribution in [2.45, 2.75) is 32.9 Å². The van der Waals surface area contributed by atoms with Crippen LogP contribution in [0.15, 0.2) is 0 Å². The van der Waals surface area contributed by atoms with Crippen LogP contribution in [-0.4, -0.2) is 37.0 Å². The smallest absolute Gasteiger partial charge is 0.396 e. The molecule has 0 aromatic carbocycles. The maximum Gasteiger partial charge on any atom is 0.405 e. The third-order valence-corrected chi connectivity index (χ3v) is 2.19. The van der Waals surface area contributed by atoms with Gasteiger partial charge >= 0.3 is 12.2 Å². The van der Waals surface area contributed by atoms with Gasteiger partial charge in [-0.2, -0.15) is 13.2 Å². The summed E-state index contributed by atoms with van der Waals surface area (Å²) in [6, 6.07) is -0.834. The second-order valence-electron chi connectivity index (χ2n) is 4.64. The monoisotopic (exact) mass is 256 g/mol. The third kappa shape index (κ3) is 9.92. The Balaban J connectivity index is 3.83. The summed E-state index contributed by atoms with van der Waals surface area (Å²) < 4.78 is 35.4. The molecule has 0 saturated heterocycles. The highest BCUT2D eigenvalue weighted by Crippen LogP contribution is 2.20. The fourth-order valence-corrected chi connectivity index (χ4v) is 1.21. The number of carbonyl (C=O) groups excluding carboxylic acids is 1. The van der Waals surface area contributed by atoms with Crippen LogP contribution in [0.3, 0.4) is 0 Å². The number of alkyl halides is 3. The van der Waals surface area contributed by atoms with E-state index in [0.717, 1.165) is 0 Å². The Bertz CT molecular complexity index is 242. The highest BCUT2D eigenvalue weighted by Gasteiger charge is 2.28. The van der Waals surface area contributed by atoms with Crippen LogP contribution in [0.25, 0.3) is 0 Å². The van der Waals surface area contributed by atoms with Crippen molar-refractivity contribution in [1.29, 1.82) is 0 Å². The zero-order chi connectivity index (χ0) is 13.5. The lowest BCUT2D eigenvalue weighted by Crippen LogP contribution is -2.44. The highest BCUT2D eigenvalue weighted by molar-refractivity contribution is 5.73. The van der Waals surface area contributed by atoms with E-state index >= 15 is 0 Å². The van der Waals surface area contributed by atoms with Gasteiger partial charge in [-0.05, 0) is 18.3 Å². The minimum atomic E-state index is -4.40. The lowest BCUT2D eigenvalue weighted by molar-refractivity contribution is -0.122. The molecule has 0 aliphatic carbocycles. The first-order chi connectivity index (χ1) is 7.66. The van der Waals surface area contributed by atoms with Crippen LogP contribution in [0, 0.1) is 5.41 Å². The molecule has 0 fully saturated rings. The van der Waals surface area contributed by atoms with Crippen molar-refractivity contribution >= 4 is 6.03 Å². The Morgan fingerprint density at radius 3 is 2.18 bits per heavy atom. The molecule has 3 N–H and O–H groups in total. The minimum Gasteiger partial charge on any atom is -0.396 e. The average Bonchev–Trinajstić information content (AvgIpc) is 2.20. The van der Waals surface area contributed by atoms with Crippen molar-refractivity contribution in [1.82, 2.24) is 10.6 Å². The van der Waals surface area contributed by atoms with Gasteiger partial charge in [0, 0.05) is 13.2 Å². The van der Waals surface area contributed by atoms with Gasteiger partial charge in [-0.15, -0.1) is 0 Å². The van der Waals surface area contributed by atoms with E-state index in [4.69, 9.17) is 5.11 Å². The fourth-order valence-electron chi connectivity index (χ4n) is 1.21. The molecule has 0 aliphatic heterocycles. The molecular formula is C10H19F3N2O2. The SMILES string of the molecule is CC(C)(CCCO)CNC(=O)NCC(F)(F)F. The molecular weight excluding hydrogens is 237 g/mol. The summed E-state index contributed by atoms with van der Waals surface area (Å²) in [5.74, 6) is 0. The van der Waals surface area contributed by atoms with Crippen molar-refractivity contribution in [2.24, 2.45) is 5.41 Å². The Hall–Kier alpha value is -0.980. The summed E-state index contributed by atoms with van der Waals surface area (Å²) in [6.07, 6.45) is -3.12. The number of rotatable bonds is 6. The molecule has 4 nitrogen and oxygen atoms in total. The Morgan fingerprint density at radius 2 is 1.71 bits per heavy atom. The topological polar surface area (TPSA) is 61.4 Å². The van der Waals surface area contributed by atoms with Crippen LogP contribution < -0.4 is 10.6 Å². The summed E-state index contributed by atoms with van der Waals surface area (Å²) in [5.41, 5.74) is -0.252. The molecule has 0 spiro atoms. The molecule has 0 saturated carbocycles. The van der Waals surface area contributed by atoms with Crippen molar-refractivity contribution in [2.75, 3.05) is 19.7 Å². The van der Waals surface area contributed by atoms with E-state index in [1.807, 2.05) is 13.8 Å². The van der Waals surface area contributed by atoms with Gasteiger partial charge < -0.3 is 15.7 Å². The molecule has 0 heterocycles. The van der Waals surface area contributed by atoms with Crippen LogP contribution in [-0.2, 0) is 0 Å². The number of urea groups is 1. The highest BCUT2D eigenvalue weighted by atomic mass is 19.4. The summed E-state index contributed by atoms with van der Waals surface area (Å²) in [6.45, 7) is 2.72. The van der Waals surface area contributed by atoms with Crippen LogP contribution in [0.2, 0.25) is 0 Å². The van der Waals surface area contributed by atoms with E-state index in [-0.39, 0.29) is 18.6 Å². The number of hydrogen-bond donors (Lipinski definition) is 3. The number of nitrogens with one attached hydrogen (secondary N) is 2. The predicted octanol–water partition coefficient (Wildman–Crippen LogP) is 1.65. The molecule has 7 heteroatoms. The first-order valence-electron chi connectivity index (χ1n) is 5.36. The number of aliphatic hydroxyl groups is 1. The van der Waals surface area contributed by atoms with Gasteiger partial charge in [0.05, 0.1) is 0 Å². The first kappa shape index (κ1) is 16.0. The van der Waals surface area contributed by atoms with E-state index in [2.05, 4.69) is 5.32 Å². The number of halogens is 3. The molecule has 0 bridgehead atoms. The molecule has 0 atom stereocenters. The van der Waals surface area contributed by atoms with Crippen molar-refractivity contribution in [3.05, 3.63) is 0 Å². The van der Waals surface area contributed by atoms with Gasteiger partial charge in [-0.25, -0.2) is 4.79 Å². The minimum absolute atomic E-state index is 0.0592. The van der Waals surface area contributed by atoms with Gasteiger partial charge in [-0.3, -0.25) is 0 Å². The lowest BCUT2D eigenvalue weighted by atomic mass is 9.88. The van der Waals surface area contributed by atoms with E-state index in [0.29, 0.717) is 12.8 Å². The Morgan fingerprint density at radius 1 is 1.18 bits per heavy atom. The zero-order valence-corrected chi connectivity index (χ0v) is 10.0. The Labute approximate surface area is 98.6 Å². The maximum atomic E-state index is 11.8. The Kier molecular flexibility index (Phi) is 6.30. The van der Waals surface area contributed by atoms with Gasteiger partial charge in [0.25, 0.3) is 0 Å². The van der Waals surface area contributed by atoms with E-state index in [9.17, 15) is 18.0 Å². The van der Waals surface area contributed by atoms with Gasteiger partial charge in [0.15, 0.2) is 0 Å². The fraction of sp³-hybridized carbons (Fsp3) is 0.900. The average molecular weight is 256 g/mol. The van der Waals surface area contributed by atoms with Gasteiger partial charge in [0.1, 0.15) is 6.54 Å². The molecule has 17 heavy (non-hydrogen) atoms. The molecule has 0 aromatic rings. The second-order valence-corrected chi connectivity index (χ2v) is 4.64. The van der Waals surface area contributed by atoms with Crippen molar-refractivity contribution < 1.29 is 23.1 Å². The second kappa shape index (κ2) is 6.68. The largest absolute Gasteiger partial charge is 0.405 e. The quantitative estimate of drug-likeness (QED) is 0.676. The zero-order valence-electron chi connectivity index (χ0n) is 10.0. The number of hydrogen-bond acceptors (Lipinski definition) is 2. The molecule has 2 amide bonds. The van der Waals surface area contributed by atoms with E-state index in [1.54, 1.807) is 5.32 Å². The van der Waals surface area contributed by atoms with Crippen LogP contribution >= 0.6 is 0 Å². The predicted molar refractivity (Wildman–Crippen MR) is 57.6 cm³/mol. The van der Waals surface area contributed by atoms with Crippen molar-refractivity contribution in [3.63, 3.8) is 0 Å². The number of carbonyl (C=O) groups is 1. The van der Waals surface area contributed by atoms with Gasteiger partial charge in [0.2, 0.25) is 0 Å². The maximum absolute atomic E-state index is 11.8. The molecule has 0 aliphatic rings. The first-order valence-corrected chi connectivity index (χ1v) is 5.36. The summed E-state index contributed by atoms with van der Waals surface area (Å²) in [4.78, 5) is 11.0. The van der Waals surface area contributed by atoms with Crippen LogP contribution in [0.5, 0.6) is 0 Å². The van der Waals surface area contributed by atoms with Gasteiger partial charge in [-0.1, -0.05) is 13.8 Å². The summed E-state index contributed by atoms with van der Waals surface area (Å²) in [7, 11) is 0.